The molecule has 1 atom stereocenters. The number of fused-ring (bicyclic) bond motifs is 1. The summed E-state index contributed by atoms with van der Waals surface area (Å²) < 4.78 is 28.8. The van der Waals surface area contributed by atoms with E-state index in [1.54, 1.807) is 44.2 Å². The molecule has 4 aromatic rings. The van der Waals surface area contributed by atoms with Crippen LogP contribution in [0.25, 0.3) is 21.3 Å². The molecule has 0 fully saturated rings. The number of benzene rings is 1. The minimum Gasteiger partial charge on any atom is -0.365 e. The second-order valence-electron chi connectivity index (χ2n) is 7.95. The number of nitrogens with one attached hydrogen (secondary N) is 1. The number of hydrogen-bond donors (Lipinski definition) is 2. The Labute approximate surface area is 208 Å². The summed E-state index contributed by atoms with van der Waals surface area (Å²) in [7, 11) is 0. The molecule has 11 heteroatoms. The van der Waals surface area contributed by atoms with Crippen LogP contribution < -0.4 is 11.1 Å². The Morgan fingerprint density at radius 1 is 1.23 bits per heavy atom. The summed E-state index contributed by atoms with van der Waals surface area (Å²) in [5, 5.41) is 8.04. The number of aromatic nitrogens is 3. The highest BCUT2D eigenvalue weighted by molar-refractivity contribution is 7.21. The highest BCUT2D eigenvalue weighted by atomic mass is 35.5. The summed E-state index contributed by atoms with van der Waals surface area (Å²) in [6, 6.07) is 9.38. The van der Waals surface area contributed by atoms with Crippen molar-refractivity contribution < 1.29 is 18.4 Å². The van der Waals surface area contributed by atoms with Gasteiger partial charge in [0.1, 0.15) is 21.4 Å². The zero-order valence-electron chi connectivity index (χ0n) is 19.1. The molecule has 0 bridgehead atoms. The summed E-state index contributed by atoms with van der Waals surface area (Å²) in [6.45, 7) is 5.32. The Morgan fingerprint density at radius 2 is 1.91 bits per heavy atom. The molecule has 35 heavy (non-hydrogen) atoms. The third kappa shape index (κ3) is 4.51. The SMILES string of the molecule is CCC(C(=O)Nc1c(C(N)=O)sc2nc(C(F)F)cc(-c3ccccc3)c12)n1nc(C)c(Cl)c1C. The normalized spacial score (nSPS) is 12.3. The van der Waals surface area contributed by atoms with E-state index in [2.05, 4.69) is 15.4 Å². The summed E-state index contributed by atoms with van der Waals surface area (Å²) in [5.74, 6) is -1.25. The van der Waals surface area contributed by atoms with Crippen molar-refractivity contribution in [2.75, 3.05) is 5.32 Å². The minimum absolute atomic E-state index is 0.0192. The van der Waals surface area contributed by atoms with E-state index < -0.39 is 30.0 Å². The Hall–Kier alpha value is -3.37. The van der Waals surface area contributed by atoms with E-state index in [1.165, 1.54) is 10.7 Å². The number of hydrogen-bond acceptors (Lipinski definition) is 5. The lowest BCUT2D eigenvalue weighted by atomic mass is 10.0. The molecule has 0 saturated carbocycles. The zero-order chi connectivity index (χ0) is 25.4. The van der Waals surface area contributed by atoms with Gasteiger partial charge in [-0.15, -0.1) is 11.3 Å². The van der Waals surface area contributed by atoms with Gasteiger partial charge in [0, 0.05) is 5.39 Å². The third-order valence-electron chi connectivity index (χ3n) is 5.68. The van der Waals surface area contributed by atoms with Crippen LogP contribution in [0.4, 0.5) is 14.5 Å². The smallest absolute Gasteiger partial charge is 0.280 e. The van der Waals surface area contributed by atoms with Crippen molar-refractivity contribution in [1.29, 1.82) is 0 Å². The van der Waals surface area contributed by atoms with Gasteiger partial charge in [-0.3, -0.25) is 14.3 Å². The van der Waals surface area contributed by atoms with Crippen molar-refractivity contribution >= 4 is 50.7 Å². The van der Waals surface area contributed by atoms with Crippen molar-refractivity contribution in [1.82, 2.24) is 14.8 Å². The van der Waals surface area contributed by atoms with Gasteiger partial charge >= 0.3 is 0 Å². The second kappa shape index (κ2) is 9.71. The molecule has 3 N–H and O–H groups in total. The van der Waals surface area contributed by atoms with E-state index in [1.807, 2.05) is 6.92 Å². The maximum absolute atomic E-state index is 13.6. The first-order valence-corrected chi connectivity index (χ1v) is 12.0. The van der Waals surface area contributed by atoms with Gasteiger partial charge in [0.15, 0.2) is 0 Å². The molecule has 182 valence electrons. The molecule has 1 unspecified atom stereocenters. The van der Waals surface area contributed by atoms with E-state index in [9.17, 15) is 18.4 Å². The fourth-order valence-corrected chi connectivity index (χ4v) is 5.13. The number of nitrogens with two attached hydrogens (primary N) is 1. The van der Waals surface area contributed by atoms with Crippen LogP contribution in [0.2, 0.25) is 5.02 Å². The number of pyridine rings is 1. The summed E-state index contributed by atoms with van der Waals surface area (Å²) in [6.07, 6.45) is -2.43. The van der Waals surface area contributed by atoms with E-state index >= 15 is 0 Å². The standard InChI is InChI=1S/C24H22ClF2N5O2S/c1-4-16(32-12(3)18(25)11(2)31-32)23(34)30-19-17-14(13-8-6-5-7-9-13)10-15(21(26)27)29-24(17)35-20(19)22(28)33/h5-10,16,21H,4H2,1-3H3,(H2,28,33)(H,30,34). The maximum atomic E-state index is 13.6. The average Bonchev–Trinajstić information content (AvgIpc) is 3.32. The van der Waals surface area contributed by atoms with E-state index in [4.69, 9.17) is 17.3 Å². The van der Waals surface area contributed by atoms with E-state index in [0.717, 1.165) is 11.3 Å². The highest BCUT2D eigenvalue weighted by Crippen LogP contribution is 2.42. The predicted molar refractivity (Wildman–Crippen MR) is 133 cm³/mol. The molecule has 0 saturated heterocycles. The summed E-state index contributed by atoms with van der Waals surface area (Å²) >= 11 is 7.14. The van der Waals surface area contributed by atoms with E-state index in [0.29, 0.717) is 39.3 Å². The highest BCUT2D eigenvalue weighted by Gasteiger charge is 2.28. The predicted octanol–water partition coefficient (Wildman–Crippen LogP) is 6.06. The number of anilines is 1. The lowest BCUT2D eigenvalue weighted by Gasteiger charge is -2.18. The quantitative estimate of drug-likeness (QED) is 0.311. The number of amides is 2. The molecule has 4 rings (SSSR count). The number of thiophene rings is 1. The van der Waals surface area contributed by atoms with Crippen LogP contribution in [-0.4, -0.2) is 26.6 Å². The van der Waals surface area contributed by atoms with Crippen molar-refractivity contribution in [2.24, 2.45) is 5.73 Å². The molecule has 3 aromatic heterocycles. The van der Waals surface area contributed by atoms with Gasteiger partial charge in [-0.2, -0.15) is 5.10 Å². The van der Waals surface area contributed by atoms with Crippen LogP contribution in [0, 0.1) is 13.8 Å². The van der Waals surface area contributed by atoms with Crippen LogP contribution in [0.3, 0.4) is 0 Å². The van der Waals surface area contributed by atoms with Gasteiger partial charge in [0.25, 0.3) is 12.3 Å². The fourth-order valence-electron chi connectivity index (χ4n) is 3.99. The van der Waals surface area contributed by atoms with Gasteiger partial charge in [-0.1, -0.05) is 48.9 Å². The monoisotopic (exact) mass is 517 g/mol. The molecule has 3 heterocycles. The lowest BCUT2D eigenvalue weighted by molar-refractivity contribution is -0.119. The average molecular weight is 518 g/mol. The molecule has 0 aliphatic heterocycles. The topological polar surface area (TPSA) is 103 Å². The number of alkyl halides is 2. The molecule has 0 aliphatic carbocycles. The minimum atomic E-state index is -2.82. The van der Waals surface area contributed by atoms with Crippen molar-refractivity contribution in [3.05, 3.63) is 63.4 Å². The van der Waals surface area contributed by atoms with Crippen LogP contribution in [0.5, 0.6) is 0 Å². The number of halogens is 3. The maximum Gasteiger partial charge on any atom is 0.280 e. The lowest BCUT2D eigenvalue weighted by Crippen LogP contribution is -2.28. The molecule has 0 spiro atoms. The Balaban J connectivity index is 1.90. The van der Waals surface area contributed by atoms with Crippen LogP contribution in [0.1, 0.15) is 52.6 Å². The van der Waals surface area contributed by atoms with Crippen molar-refractivity contribution in [3.63, 3.8) is 0 Å². The van der Waals surface area contributed by atoms with Crippen LogP contribution in [0.15, 0.2) is 36.4 Å². The van der Waals surface area contributed by atoms with Gasteiger partial charge in [-0.25, -0.2) is 13.8 Å². The number of nitrogens with zero attached hydrogens (tertiary/aromatic N) is 3. The first kappa shape index (κ1) is 24.7. The Morgan fingerprint density at radius 3 is 2.46 bits per heavy atom. The largest absolute Gasteiger partial charge is 0.365 e. The van der Waals surface area contributed by atoms with Crippen LogP contribution >= 0.6 is 22.9 Å². The van der Waals surface area contributed by atoms with Crippen LogP contribution in [-0.2, 0) is 4.79 Å². The Kier molecular flexibility index (Phi) is 6.86. The number of primary amides is 1. The van der Waals surface area contributed by atoms with Gasteiger partial charge in [-0.05, 0) is 37.5 Å². The number of carbonyl (C=O) groups excluding carboxylic acids is 2. The molecule has 0 aliphatic rings. The van der Waals surface area contributed by atoms with Crippen molar-refractivity contribution in [2.45, 2.75) is 39.7 Å². The van der Waals surface area contributed by atoms with Gasteiger partial charge in [0.05, 0.1) is 22.1 Å². The second-order valence-corrected chi connectivity index (χ2v) is 9.33. The molecule has 7 nitrogen and oxygen atoms in total. The molecule has 0 radical (unpaired) electrons. The zero-order valence-corrected chi connectivity index (χ0v) is 20.7. The van der Waals surface area contributed by atoms with E-state index in [-0.39, 0.29) is 15.4 Å². The summed E-state index contributed by atoms with van der Waals surface area (Å²) in [4.78, 5) is 30.0. The van der Waals surface area contributed by atoms with Crippen molar-refractivity contribution in [3.8, 4) is 11.1 Å². The fraction of sp³-hybridized carbons (Fsp3) is 0.250. The molecule has 2 amide bonds. The molecular weight excluding hydrogens is 496 g/mol. The van der Waals surface area contributed by atoms with Gasteiger partial charge < -0.3 is 11.1 Å². The number of aryl methyl sites for hydroxylation is 1. The third-order valence-corrected chi connectivity index (χ3v) is 7.33. The molecule has 1 aromatic carbocycles. The summed E-state index contributed by atoms with van der Waals surface area (Å²) in [5.41, 5.74) is 7.58. The number of carbonyl (C=O) groups is 2. The molecular formula is C24H22ClF2N5O2S. The Bertz CT molecular complexity index is 1440. The first-order chi connectivity index (χ1) is 16.6. The first-order valence-electron chi connectivity index (χ1n) is 10.8. The van der Waals surface area contributed by atoms with Gasteiger partial charge in [0.2, 0.25) is 5.91 Å². The number of rotatable bonds is 7.